The molecule has 0 unspecified atom stereocenters. The Kier molecular flexibility index (Phi) is 9.35. The zero-order valence-corrected chi connectivity index (χ0v) is 23.0. The molecule has 0 amide bonds. The number of nitrogens with zero attached hydrogens (tertiary/aromatic N) is 2. The summed E-state index contributed by atoms with van der Waals surface area (Å²) in [7, 11) is 1.60. The fraction of sp³-hybridized carbons (Fsp3) is 0.448. The average molecular weight is 543 g/mol. The van der Waals surface area contributed by atoms with Gasteiger partial charge in [-0.1, -0.05) is 29.3 Å². The summed E-state index contributed by atoms with van der Waals surface area (Å²) in [6.45, 7) is 4.82. The first-order chi connectivity index (χ1) is 17.8. The molecule has 8 heteroatoms. The molecular weight excluding hydrogens is 508 g/mol. The molecule has 1 fully saturated rings. The second-order valence-corrected chi connectivity index (χ2v) is 11.6. The number of piperidine rings is 1. The fourth-order valence-corrected chi connectivity index (χ4v) is 6.61. The van der Waals surface area contributed by atoms with Crippen LogP contribution in [0.2, 0.25) is 5.02 Å². The van der Waals surface area contributed by atoms with Gasteiger partial charge < -0.3 is 19.8 Å². The highest BCUT2D eigenvalue weighted by Gasteiger charge is 2.37. The third-order valence-corrected chi connectivity index (χ3v) is 8.73. The number of carboxylic acid groups (broad SMARTS) is 1. The average Bonchev–Trinajstić information content (AvgIpc) is 2.88. The van der Waals surface area contributed by atoms with Gasteiger partial charge in [-0.3, -0.25) is 9.78 Å². The SMILES string of the molecule is COc1ccc2ncc(Cl)c([C@@H](O)CCC3(CC(=O)O)CCN(CCSc4cccc(C)c4)CC3)c2c1. The van der Waals surface area contributed by atoms with E-state index >= 15 is 0 Å². The van der Waals surface area contributed by atoms with Gasteiger partial charge in [0, 0.05) is 34.3 Å². The smallest absolute Gasteiger partial charge is 0.303 e. The molecule has 3 aromatic rings. The van der Waals surface area contributed by atoms with E-state index in [0.717, 1.165) is 49.1 Å². The molecule has 0 spiro atoms. The van der Waals surface area contributed by atoms with Crippen molar-refractivity contribution >= 4 is 40.2 Å². The standard InChI is InChI=1S/C29H35ClN2O4S/c1-20-4-3-5-22(16-20)37-15-14-32-12-10-29(11-13-32,18-27(34)35)9-8-26(33)28-23-17-21(36-2)6-7-25(23)31-19-24(28)30/h3-7,16-17,19,26,33H,8-15,18H2,1-2H3,(H,34,35)/t26-/m0/s1. The van der Waals surface area contributed by atoms with Crippen molar-refractivity contribution < 1.29 is 19.7 Å². The normalized spacial score (nSPS) is 16.5. The van der Waals surface area contributed by atoms with E-state index in [1.165, 1.54) is 10.5 Å². The first-order valence-electron chi connectivity index (χ1n) is 12.7. The zero-order chi connectivity index (χ0) is 26.4. The number of aliphatic hydroxyl groups is 1. The third-order valence-electron chi connectivity index (χ3n) is 7.46. The van der Waals surface area contributed by atoms with E-state index in [-0.39, 0.29) is 11.8 Å². The predicted molar refractivity (Wildman–Crippen MR) is 150 cm³/mol. The molecule has 1 aliphatic rings. The van der Waals surface area contributed by atoms with E-state index in [9.17, 15) is 15.0 Å². The summed E-state index contributed by atoms with van der Waals surface area (Å²) in [5.74, 6) is 0.890. The molecule has 1 aliphatic heterocycles. The van der Waals surface area contributed by atoms with Crippen molar-refractivity contribution in [2.24, 2.45) is 5.41 Å². The topological polar surface area (TPSA) is 82.9 Å². The van der Waals surface area contributed by atoms with Crippen molar-refractivity contribution in [2.75, 3.05) is 32.5 Å². The summed E-state index contributed by atoms with van der Waals surface area (Å²) < 4.78 is 5.36. The van der Waals surface area contributed by atoms with Crippen LogP contribution in [0.3, 0.4) is 0 Å². The van der Waals surface area contributed by atoms with Crippen molar-refractivity contribution in [1.29, 1.82) is 0 Å². The molecule has 1 saturated heterocycles. The van der Waals surface area contributed by atoms with Gasteiger partial charge in [-0.2, -0.15) is 0 Å². The highest BCUT2D eigenvalue weighted by Crippen LogP contribution is 2.43. The lowest BCUT2D eigenvalue weighted by atomic mass is 9.71. The fourth-order valence-electron chi connectivity index (χ4n) is 5.31. The van der Waals surface area contributed by atoms with Gasteiger partial charge in [0.2, 0.25) is 0 Å². The number of aryl methyl sites for hydroxylation is 1. The first-order valence-corrected chi connectivity index (χ1v) is 14.1. The molecule has 0 radical (unpaired) electrons. The molecule has 1 atom stereocenters. The summed E-state index contributed by atoms with van der Waals surface area (Å²) in [6.07, 6.45) is 3.53. The molecule has 2 heterocycles. The number of carbonyl (C=O) groups is 1. The number of hydrogen-bond acceptors (Lipinski definition) is 6. The Hall–Kier alpha value is -2.32. The number of aromatic nitrogens is 1. The highest BCUT2D eigenvalue weighted by molar-refractivity contribution is 7.99. The van der Waals surface area contributed by atoms with Crippen LogP contribution in [-0.4, -0.2) is 58.6 Å². The number of aliphatic hydroxyl groups excluding tert-OH is 1. The Labute approximate surface area is 228 Å². The van der Waals surface area contributed by atoms with Crippen LogP contribution in [0, 0.1) is 12.3 Å². The molecule has 2 aromatic carbocycles. The number of ether oxygens (including phenoxy) is 1. The van der Waals surface area contributed by atoms with Crippen molar-refractivity contribution in [3.8, 4) is 5.75 Å². The lowest BCUT2D eigenvalue weighted by molar-refractivity contribution is -0.141. The molecule has 37 heavy (non-hydrogen) atoms. The monoisotopic (exact) mass is 542 g/mol. The van der Waals surface area contributed by atoms with E-state index in [1.54, 1.807) is 13.3 Å². The van der Waals surface area contributed by atoms with Crippen LogP contribution in [0.15, 0.2) is 53.6 Å². The van der Waals surface area contributed by atoms with Gasteiger partial charge in [-0.15, -0.1) is 11.8 Å². The highest BCUT2D eigenvalue weighted by atomic mass is 35.5. The lowest BCUT2D eigenvalue weighted by Gasteiger charge is -2.41. The summed E-state index contributed by atoms with van der Waals surface area (Å²) in [5, 5.41) is 22.1. The van der Waals surface area contributed by atoms with Gasteiger partial charge in [0.15, 0.2) is 0 Å². The van der Waals surface area contributed by atoms with Gasteiger partial charge in [-0.25, -0.2) is 0 Å². The van der Waals surface area contributed by atoms with Crippen LogP contribution in [0.25, 0.3) is 10.9 Å². The molecule has 4 rings (SSSR count). The van der Waals surface area contributed by atoms with Crippen molar-refractivity contribution in [3.63, 3.8) is 0 Å². The molecule has 6 nitrogen and oxygen atoms in total. The van der Waals surface area contributed by atoms with E-state index in [0.29, 0.717) is 29.2 Å². The minimum absolute atomic E-state index is 0.115. The van der Waals surface area contributed by atoms with Crippen molar-refractivity contribution in [1.82, 2.24) is 9.88 Å². The minimum Gasteiger partial charge on any atom is -0.497 e. The number of likely N-dealkylation sites (tertiary alicyclic amines) is 1. The molecule has 1 aromatic heterocycles. The lowest BCUT2D eigenvalue weighted by Crippen LogP contribution is -2.42. The zero-order valence-electron chi connectivity index (χ0n) is 21.5. The second kappa shape index (κ2) is 12.5. The Morgan fingerprint density at radius 2 is 2.03 bits per heavy atom. The summed E-state index contributed by atoms with van der Waals surface area (Å²) >= 11 is 8.35. The van der Waals surface area contributed by atoms with E-state index in [1.807, 2.05) is 30.0 Å². The quantitative estimate of drug-likeness (QED) is 0.272. The number of thioether (sulfide) groups is 1. The summed E-state index contributed by atoms with van der Waals surface area (Å²) in [6, 6.07) is 14.1. The van der Waals surface area contributed by atoms with Gasteiger partial charge in [-0.05, 0) is 81.4 Å². The molecule has 0 aliphatic carbocycles. The van der Waals surface area contributed by atoms with Crippen molar-refractivity contribution in [3.05, 3.63) is 64.8 Å². The van der Waals surface area contributed by atoms with Crippen molar-refractivity contribution in [2.45, 2.75) is 50.0 Å². The largest absolute Gasteiger partial charge is 0.497 e. The molecule has 2 N–H and O–H groups in total. The number of fused-ring (bicyclic) bond motifs is 1. The number of rotatable bonds is 11. The third kappa shape index (κ3) is 7.17. The maximum absolute atomic E-state index is 11.8. The molecule has 0 bridgehead atoms. The summed E-state index contributed by atoms with van der Waals surface area (Å²) in [5.41, 5.74) is 2.29. The van der Waals surface area contributed by atoms with Gasteiger partial charge in [0.1, 0.15) is 5.75 Å². The van der Waals surface area contributed by atoms with Crippen LogP contribution >= 0.6 is 23.4 Å². The van der Waals surface area contributed by atoms with Crippen LogP contribution in [0.4, 0.5) is 0 Å². The first kappa shape index (κ1) is 27.7. The Morgan fingerprint density at radius 3 is 2.73 bits per heavy atom. The van der Waals surface area contributed by atoms with Crippen LogP contribution in [-0.2, 0) is 4.79 Å². The van der Waals surface area contributed by atoms with E-state index in [4.69, 9.17) is 16.3 Å². The Balaban J connectivity index is 1.38. The molecule has 0 saturated carbocycles. The van der Waals surface area contributed by atoms with Gasteiger partial charge in [0.05, 0.1) is 30.2 Å². The number of benzene rings is 2. The number of hydrogen-bond donors (Lipinski definition) is 2. The van der Waals surface area contributed by atoms with Gasteiger partial charge >= 0.3 is 5.97 Å². The number of halogens is 1. The second-order valence-electron chi connectivity index (χ2n) is 10.0. The number of aliphatic carboxylic acids is 1. The number of pyridine rings is 1. The van der Waals surface area contributed by atoms with Gasteiger partial charge in [0.25, 0.3) is 0 Å². The number of methoxy groups -OCH3 is 1. The van der Waals surface area contributed by atoms with Crippen LogP contribution in [0.5, 0.6) is 5.75 Å². The van der Waals surface area contributed by atoms with E-state index < -0.39 is 12.1 Å². The van der Waals surface area contributed by atoms with Crippen LogP contribution in [0.1, 0.15) is 49.3 Å². The number of carboxylic acids is 1. The predicted octanol–water partition coefficient (Wildman–Crippen LogP) is 6.37. The summed E-state index contributed by atoms with van der Waals surface area (Å²) in [4.78, 5) is 19.9. The maximum Gasteiger partial charge on any atom is 0.303 e. The minimum atomic E-state index is -0.820. The molecule has 198 valence electrons. The Morgan fingerprint density at radius 1 is 1.24 bits per heavy atom. The maximum atomic E-state index is 11.8. The molecular formula is C29H35ClN2O4S. The van der Waals surface area contributed by atoms with Crippen LogP contribution < -0.4 is 4.74 Å². The van der Waals surface area contributed by atoms with E-state index in [2.05, 4.69) is 41.1 Å². The Bertz CT molecular complexity index is 1230.